The molecule has 6 heteroatoms. The summed E-state index contributed by atoms with van der Waals surface area (Å²) < 4.78 is 10.6. The molecule has 0 radical (unpaired) electrons. The molecule has 0 aliphatic carbocycles. The first kappa shape index (κ1) is 66.6. The van der Waals surface area contributed by atoms with Crippen molar-refractivity contribution in [2.24, 2.45) is 11.3 Å². The topological polar surface area (TPSA) is 93.1 Å². The lowest BCUT2D eigenvalue weighted by atomic mass is 9.92. The van der Waals surface area contributed by atoms with Gasteiger partial charge in [0.2, 0.25) is 0 Å². The zero-order chi connectivity index (χ0) is 50.4. The highest BCUT2D eigenvalue weighted by atomic mass is 16.6. The van der Waals surface area contributed by atoms with Gasteiger partial charge in [0, 0.05) is 0 Å². The Kier molecular flexibility index (Phi) is 51.3. The molecule has 1 atom stereocenters. The number of carbonyl (C=O) groups is 2. The molecule has 1 heterocycles. The standard InChI is InChI=1S/C64H122O6/c1-2-3-4-5-6-7-8-9-10-11-12-13-14-15-16-17-18-19-20-21-22-23-24-25-26-27-28-29-30-31-32-33-34-35-36-37-38-39-40-41-42-43-44-45-46-47-48-49-50-51-52-53-54-55-61-56-62(67)69-59-64(57-65,58-66)60-70-63(61)68/h41-42,61,65-66H,2-40,43-60H2,1H3/b42-41+. The van der Waals surface area contributed by atoms with Gasteiger partial charge in [-0.1, -0.05) is 321 Å². The molecular formula is C64H122O6. The molecule has 1 saturated heterocycles. The lowest BCUT2D eigenvalue weighted by Crippen LogP contribution is -2.40. The molecule has 0 saturated carbocycles. The molecule has 1 rings (SSSR count). The van der Waals surface area contributed by atoms with Crippen LogP contribution in [0, 0.1) is 11.3 Å². The molecule has 0 amide bonds. The molecule has 70 heavy (non-hydrogen) atoms. The van der Waals surface area contributed by atoms with Crippen molar-refractivity contribution >= 4 is 11.9 Å². The molecule has 1 aliphatic rings. The normalized spacial score (nSPS) is 15.3. The molecule has 1 unspecified atom stereocenters. The van der Waals surface area contributed by atoms with Crippen molar-refractivity contribution in [1.82, 2.24) is 0 Å². The van der Waals surface area contributed by atoms with Crippen molar-refractivity contribution in [2.45, 2.75) is 347 Å². The van der Waals surface area contributed by atoms with Gasteiger partial charge in [0.1, 0.15) is 13.2 Å². The van der Waals surface area contributed by atoms with E-state index in [9.17, 15) is 19.8 Å². The van der Waals surface area contributed by atoms with E-state index in [1.165, 1.54) is 308 Å². The predicted molar refractivity (Wildman–Crippen MR) is 302 cm³/mol. The van der Waals surface area contributed by atoms with Crippen LogP contribution in [-0.4, -0.2) is 48.6 Å². The molecule has 0 bridgehead atoms. The minimum Gasteiger partial charge on any atom is -0.465 e. The Morgan fingerprint density at radius 1 is 0.371 bits per heavy atom. The Bertz CT molecular complexity index is 1100. The molecule has 2 N–H and O–H groups in total. The van der Waals surface area contributed by atoms with Crippen LogP contribution in [0.25, 0.3) is 0 Å². The summed E-state index contributed by atoms with van der Waals surface area (Å²) in [6.45, 7) is 1.21. The SMILES string of the molecule is CCCCCCCCCCCCCCCCCCCCCCCCCCCCCCCCCCCCCCCC/C=C/CCCCCCCCCCCCCC1CC(=O)OCC(CO)(CO)COC1=O. The zero-order valence-electron chi connectivity index (χ0n) is 47.1. The molecule has 0 spiro atoms. The highest BCUT2D eigenvalue weighted by Gasteiger charge is 2.36. The predicted octanol–water partition coefficient (Wildman–Crippen LogP) is 19.9. The largest absolute Gasteiger partial charge is 0.465 e. The summed E-state index contributed by atoms with van der Waals surface area (Å²) in [6, 6.07) is 0. The van der Waals surface area contributed by atoms with E-state index in [0.717, 1.165) is 19.3 Å². The number of ether oxygens (including phenoxy) is 2. The first-order valence-corrected chi connectivity index (χ1v) is 31.8. The first-order chi connectivity index (χ1) is 34.6. The molecule has 0 aromatic carbocycles. The van der Waals surface area contributed by atoms with Crippen molar-refractivity contribution in [3.8, 4) is 0 Å². The fourth-order valence-electron chi connectivity index (χ4n) is 10.6. The van der Waals surface area contributed by atoms with Gasteiger partial charge in [0.15, 0.2) is 0 Å². The number of esters is 2. The van der Waals surface area contributed by atoms with Gasteiger partial charge in [0.25, 0.3) is 0 Å². The van der Waals surface area contributed by atoms with Gasteiger partial charge < -0.3 is 19.7 Å². The summed E-state index contributed by atoms with van der Waals surface area (Å²) in [5.41, 5.74) is -1.12. The summed E-state index contributed by atoms with van der Waals surface area (Å²) in [7, 11) is 0. The number of aliphatic hydroxyl groups excluding tert-OH is 2. The Balaban J connectivity index is 1.69. The smallest absolute Gasteiger partial charge is 0.309 e. The van der Waals surface area contributed by atoms with E-state index < -0.39 is 36.5 Å². The van der Waals surface area contributed by atoms with Gasteiger partial charge in [0.05, 0.1) is 31.0 Å². The monoisotopic (exact) mass is 987 g/mol. The fraction of sp³-hybridized carbons (Fsp3) is 0.938. The summed E-state index contributed by atoms with van der Waals surface area (Å²) >= 11 is 0. The number of unbranched alkanes of at least 4 members (excludes halogenated alkanes) is 49. The number of hydrogen-bond acceptors (Lipinski definition) is 6. The zero-order valence-corrected chi connectivity index (χ0v) is 47.1. The summed E-state index contributed by atoms with van der Waals surface area (Å²) in [5.74, 6) is -1.41. The minimum absolute atomic E-state index is 0.00189. The molecular weight excluding hydrogens is 865 g/mol. The van der Waals surface area contributed by atoms with E-state index in [1.54, 1.807) is 0 Å². The third-order valence-corrected chi connectivity index (χ3v) is 15.8. The fourth-order valence-corrected chi connectivity index (χ4v) is 10.6. The van der Waals surface area contributed by atoms with Crippen LogP contribution in [-0.2, 0) is 19.1 Å². The van der Waals surface area contributed by atoms with Crippen LogP contribution in [0.2, 0.25) is 0 Å². The minimum atomic E-state index is -1.12. The highest BCUT2D eigenvalue weighted by molar-refractivity contribution is 5.80. The second-order valence-corrected chi connectivity index (χ2v) is 22.8. The van der Waals surface area contributed by atoms with Crippen molar-refractivity contribution in [2.75, 3.05) is 26.4 Å². The van der Waals surface area contributed by atoms with Crippen molar-refractivity contribution < 1.29 is 29.3 Å². The van der Waals surface area contributed by atoms with Crippen LogP contribution in [0.1, 0.15) is 347 Å². The molecule has 1 fully saturated rings. The summed E-state index contributed by atoms with van der Waals surface area (Å²) in [6.07, 6.45) is 77.2. The van der Waals surface area contributed by atoms with Crippen molar-refractivity contribution in [3.63, 3.8) is 0 Å². The third kappa shape index (κ3) is 45.2. The number of allylic oxidation sites excluding steroid dienone is 2. The number of rotatable bonds is 55. The third-order valence-electron chi connectivity index (χ3n) is 15.8. The molecule has 6 nitrogen and oxygen atoms in total. The van der Waals surface area contributed by atoms with Crippen LogP contribution in [0.15, 0.2) is 12.2 Å². The number of carbonyl (C=O) groups excluding carboxylic acids is 2. The molecule has 1 aliphatic heterocycles. The van der Waals surface area contributed by atoms with E-state index in [0.29, 0.717) is 6.42 Å². The second kappa shape index (κ2) is 53.9. The quantitative estimate of drug-likeness (QED) is 0.0358. The maximum absolute atomic E-state index is 12.5. The van der Waals surface area contributed by atoms with E-state index in [1.807, 2.05) is 0 Å². The van der Waals surface area contributed by atoms with Crippen LogP contribution < -0.4 is 0 Å². The summed E-state index contributed by atoms with van der Waals surface area (Å²) in [4.78, 5) is 24.7. The van der Waals surface area contributed by atoms with Gasteiger partial charge >= 0.3 is 11.9 Å². The van der Waals surface area contributed by atoms with E-state index >= 15 is 0 Å². The van der Waals surface area contributed by atoms with E-state index in [4.69, 9.17) is 9.47 Å². The molecule has 0 aromatic rings. The average Bonchev–Trinajstić information content (AvgIpc) is 3.43. The van der Waals surface area contributed by atoms with Crippen LogP contribution in [0.5, 0.6) is 0 Å². The van der Waals surface area contributed by atoms with Gasteiger partial charge in [-0.3, -0.25) is 9.59 Å². The van der Waals surface area contributed by atoms with Crippen LogP contribution in [0.4, 0.5) is 0 Å². The first-order valence-electron chi connectivity index (χ1n) is 31.8. The average molecular weight is 988 g/mol. The molecule has 414 valence electrons. The maximum atomic E-state index is 12.5. The van der Waals surface area contributed by atoms with Gasteiger partial charge in [-0.05, 0) is 32.1 Å². The number of hydrogen-bond donors (Lipinski definition) is 2. The second-order valence-electron chi connectivity index (χ2n) is 22.8. The van der Waals surface area contributed by atoms with Gasteiger partial charge in [-0.15, -0.1) is 0 Å². The van der Waals surface area contributed by atoms with E-state index in [-0.39, 0.29) is 19.6 Å². The van der Waals surface area contributed by atoms with Gasteiger partial charge in [-0.25, -0.2) is 0 Å². The Hall–Kier alpha value is -1.40. The number of aliphatic hydroxyl groups is 2. The molecule has 0 aromatic heterocycles. The van der Waals surface area contributed by atoms with Gasteiger partial charge in [-0.2, -0.15) is 0 Å². The van der Waals surface area contributed by atoms with Crippen LogP contribution in [0.3, 0.4) is 0 Å². The lowest BCUT2D eigenvalue weighted by molar-refractivity contribution is -0.155. The number of cyclic esters (lactones) is 2. The van der Waals surface area contributed by atoms with Crippen molar-refractivity contribution in [1.29, 1.82) is 0 Å². The Morgan fingerprint density at radius 2 is 0.614 bits per heavy atom. The highest BCUT2D eigenvalue weighted by Crippen LogP contribution is 2.25. The Morgan fingerprint density at radius 3 is 0.886 bits per heavy atom. The van der Waals surface area contributed by atoms with E-state index in [2.05, 4.69) is 19.1 Å². The maximum Gasteiger partial charge on any atom is 0.309 e. The summed E-state index contributed by atoms with van der Waals surface area (Å²) in [5, 5.41) is 19.2. The Labute approximate surface area is 436 Å². The van der Waals surface area contributed by atoms with Crippen LogP contribution >= 0.6 is 0 Å². The van der Waals surface area contributed by atoms with Crippen molar-refractivity contribution in [3.05, 3.63) is 12.2 Å². The lowest BCUT2D eigenvalue weighted by Gasteiger charge is -2.27.